The Morgan fingerprint density at radius 2 is 1.51 bits per heavy atom. The normalized spacial score (nSPS) is 12.2. The molecule has 0 fully saturated rings. The van der Waals surface area contributed by atoms with E-state index in [1.54, 1.807) is 24.3 Å². The van der Waals surface area contributed by atoms with Crippen LogP contribution in [-0.2, 0) is 26.2 Å². The number of carbonyl (C=O) groups excluding carboxylic acids is 2. The zero-order valence-corrected chi connectivity index (χ0v) is 28.2. The van der Waals surface area contributed by atoms with Gasteiger partial charge in [-0.05, 0) is 83.0 Å². The number of methoxy groups -OCH3 is 2. The third kappa shape index (κ3) is 9.13. The second kappa shape index (κ2) is 15.2. The van der Waals surface area contributed by atoms with Crippen LogP contribution in [-0.4, -0.2) is 64.1 Å². The Kier molecular flexibility index (Phi) is 11.9. The van der Waals surface area contributed by atoms with Crippen molar-refractivity contribution in [2.75, 3.05) is 31.7 Å². The zero-order valence-electron chi connectivity index (χ0n) is 27.4. The minimum Gasteiger partial charge on any atom is -0.494 e. The van der Waals surface area contributed by atoms with Crippen molar-refractivity contribution >= 4 is 27.5 Å². The fraction of sp³-hybridized carbons (Fsp3) is 0.412. The number of ether oxygens (including phenoxy) is 3. The molecule has 10 nitrogen and oxygen atoms in total. The Bertz CT molecular complexity index is 1550. The smallest absolute Gasteiger partial charge is 0.264 e. The van der Waals surface area contributed by atoms with Crippen LogP contribution in [0.5, 0.6) is 17.2 Å². The average molecular weight is 640 g/mol. The zero-order chi connectivity index (χ0) is 33.4. The number of rotatable bonds is 14. The number of amides is 2. The van der Waals surface area contributed by atoms with Crippen LogP contribution in [0, 0.1) is 6.92 Å². The molecule has 1 atom stereocenters. The second-order valence-corrected chi connectivity index (χ2v) is 13.5. The van der Waals surface area contributed by atoms with Gasteiger partial charge in [0.2, 0.25) is 11.8 Å². The van der Waals surface area contributed by atoms with E-state index < -0.39 is 34.1 Å². The summed E-state index contributed by atoms with van der Waals surface area (Å²) in [5.41, 5.74) is 1.58. The van der Waals surface area contributed by atoms with E-state index in [1.807, 2.05) is 65.8 Å². The molecule has 0 aromatic heterocycles. The van der Waals surface area contributed by atoms with Crippen LogP contribution in [0.25, 0.3) is 0 Å². The molecule has 3 aromatic carbocycles. The number of hydrogen-bond acceptors (Lipinski definition) is 7. The third-order valence-electron chi connectivity index (χ3n) is 7.02. The second-order valence-electron chi connectivity index (χ2n) is 11.6. The lowest BCUT2D eigenvalue weighted by molar-refractivity contribution is -0.141. The van der Waals surface area contributed by atoms with Crippen molar-refractivity contribution in [1.82, 2.24) is 10.2 Å². The molecule has 1 unspecified atom stereocenters. The summed E-state index contributed by atoms with van der Waals surface area (Å²) in [4.78, 5) is 29.2. The van der Waals surface area contributed by atoms with Gasteiger partial charge in [0, 0.05) is 18.2 Å². The molecule has 45 heavy (non-hydrogen) atoms. The van der Waals surface area contributed by atoms with Gasteiger partial charge < -0.3 is 24.4 Å². The van der Waals surface area contributed by atoms with E-state index in [4.69, 9.17) is 14.2 Å². The maximum atomic E-state index is 14.3. The standard InChI is InChI=1S/C34H45N3O7S/c1-9-29(33(39)35-34(4,5)6)36(22-25-13-11-24(3)12-14-25)32(38)23-37(26-15-17-27(18-16-26)44-10-2)45(40,41)28-19-20-30(42-7)31(21-28)43-8/h11-21,29H,9-10,22-23H2,1-8H3,(H,35,39). The number of carbonyl (C=O) groups is 2. The molecule has 0 bridgehead atoms. The Hall–Kier alpha value is -4.25. The van der Waals surface area contributed by atoms with E-state index in [1.165, 1.54) is 37.3 Å². The lowest BCUT2D eigenvalue weighted by Crippen LogP contribution is -2.55. The summed E-state index contributed by atoms with van der Waals surface area (Å²) < 4.78 is 45.8. The molecule has 3 rings (SSSR count). The summed E-state index contributed by atoms with van der Waals surface area (Å²) in [6, 6.07) is 17.5. The van der Waals surface area contributed by atoms with Gasteiger partial charge in [0.05, 0.1) is 31.4 Å². The first kappa shape index (κ1) is 35.2. The van der Waals surface area contributed by atoms with Crippen LogP contribution in [0.3, 0.4) is 0 Å². The van der Waals surface area contributed by atoms with Crippen molar-refractivity contribution < 1.29 is 32.2 Å². The van der Waals surface area contributed by atoms with Crippen molar-refractivity contribution in [2.24, 2.45) is 0 Å². The molecule has 0 aliphatic heterocycles. The van der Waals surface area contributed by atoms with Gasteiger partial charge in [0.25, 0.3) is 10.0 Å². The summed E-state index contributed by atoms with van der Waals surface area (Å²) in [5, 5.41) is 2.98. The number of nitrogens with one attached hydrogen (secondary N) is 1. The molecule has 3 aromatic rings. The van der Waals surface area contributed by atoms with Crippen molar-refractivity contribution in [3.05, 3.63) is 77.9 Å². The van der Waals surface area contributed by atoms with E-state index in [0.29, 0.717) is 24.5 Å². The molecule has 244 valence electrons. The van der Waals surface area contributed by atoms with Gasteiger partial charge in [-0.15, -0.1) is 0 Å². The highest BCUT2D eigenvalue weighted by Crippen LogP contribution is 2.33. The van der Waals surface area contributed by atoms with E-state index in [-0.39, 0.29) is 28.8 Å². The molecular weight excluding hydrogens is 594 g/mol. The van der Waals surface area contributed by atoms with Gasteiger partial charge in [0.15, 0.2) is 11.5 Å². The van der Waals surface area contributed by atoms with Gasteiger partial charge >= 0.3 is 0 Å². The Morgan fingerprint density at radius 1 is 0.889 bits per heavy atom. The Balaban J connectivity index is 2.12. The summed E-state index contributed by atoms with van der Waals surface area (Å²) in [7, 11) is -1.44. The van der Waals surface area contributed by atoms with Crippen LogP contribution in [0.2, 0.25) is 0 Å². The maximum absolute atomic E-state index is 14.3. The monoisotopic (exact) mass is 639 g/mol. The van der Waals surface area contributed by atoms with Gasteiger partial charge in [-0.2, -0.15) is 0 Å². The summed E-state index contributed by atoms with van der Waals surface area (Å²) in [6.45, 7) is 11.2. The molecule has 0 aliphatic carbocycles. The summed E-state index contributed by atoms with van der Waals surface area (Å²) in [5.74, 6) is 0.287. The molecule has 0 heterocycles. The molecule has 11 heteroatoms. The largest absolute Gasteiger partial charge is 0.494 e. The van der Waals surface area contributed by atoms with Gasteiger partial charge in [-0.3, -0.25) is 13.9 Å². The quantitative estimate of drug-likeness (QED) is 0.254. The highest BCUT2D eigenvalue weighted by atomic mass is 32.2. The first-order valence-corrected chi connectivity index (χ1v) is 16.3. The SMILES string of the molecule is CCOc1ccc(N(CC(=O)N(Cc2ccc(C)cc2)C(CC)C(=O)NC(C)(C)C)S(=O)(=O)c2ccc(OC)c(OC)c2)cc1. The molecule has 0 saturated heterocycles. The lowest BCUT2D eigenvalue weighted by Gasteiger charge is -2.34. The van der Waals surface area contributed by atoms with E-state index >= 15 is 0 Å². The average Bonchev–Trinajstić information content (AvgIpc) is 2.99. The minimum absolute atomic E-state index is 0.0931. The molecule has 2 amide bonds. The van der Waals surface area contributed by atoms with Gasteiger partial charge in [-0.25, -0.2) is 8.42 Å². The Labute approximate surface area is 267 Å². The molecular formula is C34H45N3O7S. The number of hydrogen-bond donors (Lipinski definition) is 1. The van der Waals surface area contributed by atoms with Crippen LogP contribution in [0.1, 0.15) is 52.2 Å². The van der Waals surface area contributed by atoms with E-state index in [0.717, 1.165) is 15.4 Å². The molecule has 0 spiro atoms. The van der Waals surface area contributed by atoms with E-state index in [2.05, 4.69) is 5.32 Å². The topological polar surface area (TPSA) is 114 Å². The number of aryl methyl sites for hydroxylation is 1. The highest BCUT2D eigenvalue weighted by molar-refractivity contribution is 7.92. The van der Waals surface area contributed by atoms with E-state index in [9.17, 15) is 18.0 Å². The minimum atomic E-state index is -4.32. The first-order chi connectivity index (χ1) is 21.2. The molecule has 0 saturated carbocycles. The Morgan fingerprint density at radius 3 is 2.04 bits per heavy atom. The summed E-state index contributed by atoms with van der Waals surface area (Å²) in [6.07, 6.45) is 0.324. The first-order valence-electron chi connectivity index (χ1n) is 14.9. The van der Waals surface area contributed by atoms with Crippen molar-refractivity contribution in [2.45, 2.75) is 71.0 Å². The maximum Gasteiger partial charge on any atom is 0.264 e. The highest BCUT2D eigenvalue weighted by Gasteiger charge is 2.35. The van der Waals surface area contributed by atoms with Gasteiger partial charge in [0.1, 0.15) is 18.3 Å². The van der Waals surface area contributed by atoms with Crippen LogP contribution >= 0.6 is 0 Å². The number of benzene rings is 3. The van der Waals surface area contributed by atoms with Crippen LogP contribution in [0.4, 0.5) is 5.69 Å². The fourth-order valence-electron chi connectivity index (χ4n) is 4.77. The summed E-state index contributed by atoms with van der Waals surface area (Å²) >= 11 is 0. The predicted molar refractivity (Wildman–Crippen MR) is 175 cm³/mol. The lowest BCUT2D eigenvalue weighted by atomic mass is 10.1. The number of sulfonamides is 1. The van der Waals surface area contributed by atoms with Crippen molar-refractivity contribution in [3.8, 4) is 17.2 Å². The predicted octanol–water partition coefficient (Wildman–Crippen LogP) is 5.33. The van der Waals surface area contributed by atoms with Crippen molar-refractivity contribution in [3.63, 3.8) is 0 Å². The number of anilines is 1. The van der Waals surface area contributed by atoms with Crippen molar-refractivity contribution in [1.29, 1.82) is 0 Å². The molecule has 0 radical (unpaired) electrons. The molecule has 1 N–H and O–H groups in total. The third-order valence-corrected chi connectivity index (χ3v) is 8.79. The molecule has 0 aliphatic rings. The fourth-order valence-corrected chi connectivity index (χ4v) is 6.20. The van der Waals surface area contributed by atoms with Gasteiger partial charge in [-0.1, -0.05) is 36.8 Å². The number of nitrogens with zero attached hydrogens (tertiary/aromatic N) is 2. The van der Waals surface area contributed by atoms with Crippen LogP contribution in [0.15, 0.2) is 71.6 Å². The van der Waals surface area contributed by atoms with Crippen LogP contribution < -0.4 is 23.8 Å².